The number of hydrogen-bond acceptors (Lipinski definition) is 6. The summed E-state index contributed by atoms with van der Waals surface area (Å²) in [6.07, 6.45) is 0. The van der Waals surface area contributed by atoms with Gasteiger partial charge in [0, 0.05) is 0 Å². The average Bonchev–Trinajstić information content (AvgIpc) is 2.15. The number of isothiocyanates is 1. The Morgan fingerprint density at radius 1 is 1.00 bits per heavy atom. The van der Waals surface area contributed by atoms with E-state index >= 15 is 0 Å². The van der Waals surface area contributed by atoms with Crippen molar-refractivity contribution in [3.63, 3.8) is 0 Å². The molecule has 1 rings (SSSR count). The molecule has 1 aromatic carbocycles. The summed E-state index contributed by atoms with van der Waals surface area (Å²) in [4.78, 5) is 1.92. The second-order valence-corrected chi connectivity index (χ2v) is 5.84. The molecule has 1 aromatic rings. The van der Waals surface area contributed by atoms with Crippen LogP contribution in [-0.4, -0.2) is 60.7 Å². The monoisotopic (exact) mass is 319 g/mol. The molecule has 0 aliphatic heterocycles. The Balaban J connectivity index is 0.00000289. The van der Waals surface area contributed by atoms with Gasteiger partial charge >= 0.3 is 29.6 Å². The van der Waals surface area contributed by atoms with Crippen molar-refractivity contribution in [1.29, 1.82) is 0 Å². The van der Waals surface area contributed by atoms with Gasteiger partial charge in [-0.1, -0.05) is 0 Å². The molecule has 0 spiro atoms. The van der Waals surface area contributed by atoms with Gasteiger partial charge < -0.3 is 0 Å². The van der Waals surface area contributed by atoms with Crippen molar-refractivity contribution in [3.8, 4) is 0 Å². The zero-order chi connectivity index (χ0) is 13.3. The number of nitrogens with zero attached hydrogens (tertiary/aromatic N) is 1. The Labute approximate surface area is 131 Å². The molecule has 0 unspecified atom stereocenters. The first-order valence-electron chi connectivity index (χ1n) is 3.82. The maximum absolute atomic E-state index is 10.9. The topological polar surface area (TPSA) is 121 Å². The van der Waals surface area contributed by atoms with Crippen LogP contribution in [0.1, 0.15) is 0 Å². The Morgan fingerprint density at radius 2 is 1.39 bits per heavy atom. The van der Waals surface area contributed by atoms with Crippen LogP contribution in [-0.2, 0) is 20.2 Å². The SMILES string of the molecule is O=S(=O)(O)c1cc(N=C=S)cc(S(=O)(=O)O)c1.[NaH]. The van der Waals surface area contributed by atoms with Gasteiger partial charge in [0.1, 0.15) is 0 Å². The third kappa shape index (κ3) is 4.84. The third-order valence-electron chi connectivity index (χ3n) is 1.64. The number of thiocarbonyl (C=S) groups is 1. The zero-order valence-corrected chi connectivity index (χ0v) is 10.4. The molecule has 0 radical (unpaired) electrons. The minimum absolute atomic E-state index is 0. The van der Waals surface area contributed by atoms with E-state index in [0.29, 0.717) is 6.07 Å². The second kappa shape index (κ2) is 6.33. The van der Waals surface area contributed by atoms with Crippen LogP contribution in [0.5, 0.6) is 0 Å². The first-order valence-corrected chi connectivity index (χ1v) is 7.11. The van der Waals surface area contributed by atoms with Crippen LogP contribution in [0.25, 0.3) is 0 Å². The summed E-state index contributed by atoms with van der Waals surface area (Å²) in [7, 11) is -9.25. The van der Waals surface area contributed by atoms with Crippen LogP contribution in [0.4, 0.5) is 5.69 Å². The molecular weight excluding hydrogens is 313 g/mol. The van der Waals surface area contributed by atoms with Crippen molar-refractivity contribution < 1.29 is 25.9 Å². The molecule has 0 saturated carbocycles. The number of aliphatic imine (C=N–C) groups is 1. The van der Waals surface area contributed by atoms with E-state index < -0.39 is 30.0 Å². The van der Waals surface area contributed by atoms with Crippen molar-refractivity contribution >= 4 is 72.9 Å². The molecule has 0 bridgehead atoms. The van der Waals surface area contributed by atoms with Gasteiger partial charge in [-0.15, -0.1) is 0 Å². The summed E-state index contributed by atoms with van der Waals surface area (Å²) in [6.45, 7) is 0. The standard InChI is InChI=1S/C7H5NO6S3.Na.H/c9-16(10,11)6-1-5(8-4-15)2-7(3-6)17(12,13)14;;/h1-3H,(H,9,10,11)(H,12,13,14);;. The fourth-order valence-corrected chi connectivity index (χ4v) is 2.24. The normalized spacial score (nSPS) is 11.2. The van der Waals surface area contributed by atoms with E-state index in [9.17, 15) is 16.8 Å². The second-order valence-electron chi connectivity index (χ2n) is 2.82. The molecule has 18 heavy (non-hydrogen) atoms. The fraction of sp³-hybridized carbons (Fsp3) is 0. The van der Waals surface area contributed by atoms with Gasteiger partial charge in [-0.3, -0.25) is 9.11 Å². The van der Waals surface area contributed by atoms with Crippen LogP contribution in [0.15, 0.2) is 33.0 Å². The molecule has 94 valence electrons. The predicted molar refractivity (Wildman–Crippen MR) is 67.9 cm³/mol. The summed E-state index contributed by atoms with van der Waals surface area (Å²) >= 11 is 4.27. The molecule has 11 heteroatoms. The molecule has 0 aliphatic carbocycles. The summed E-state index contributed by atoms with van der Waals surface area (Å²) in [5.74, 6) is 0. The van der Waals surface area contributed by atoms with Crippen molar-refractivity contribution in [2.45, 2.75) is 9.79 Å². The first-order chi connectivity index (χ1) is 7.64. The van der Waals surface area contributed by atoms with Crippen molar-refractivity contribution in [2.24, 2.45) is 4.99 Å². The predicted octanol–water partition coefficient (Wildman–Crippen LogP) is 0.266. The van der Waals surface area contributed by atoms with Crippen molar-refractivity contribution in [1.82, 2.24) is 0 Å². The molecule has 7 nitrogen and oxygen atoms in total. The fourth-order valence-electron chi connectivity index (χ4n) is 0.972. The molecule has 2 N–H and O–H groups in total. The summed E-state index contributed by atoms with van der Waals surface area (Å²) < 4.78 is 61.0. The maximum atomic E-state index is 10.9. The zero-order valence-electron chi connectivity index (χ0n) is 7.93. The van der Waals surface area contributed by atoms with Gasteiger partial charge in [-0.25, -0.2) is 0 Å². The molecule has 0 atom stereocenters. The van der Waals surface area contributed by atoms with Gasteiger partial charge in [0.15, 0.2) is 0 Å². The van der Waals surface area contributed by atoms with E-state index in [1.807, 2.05) is 5.16 Å². The Morgan fingerprint density at radius 3 is 1.67 bits per heavy atom. The van der Waals surface area contributed by atoms with E-state index in [-0.39, 0.29) is 35.2 Å². The van der Waals surface area contributed by atoms with E-state index in [1.165, 1.54) is 0 Å². The van der Waals surface area contributed by atoms with E-state index in [1.54, 1.807) is 0 Å². The van der Waals surface area contributed by atoms with Crippen molar-refractivity contribution in [2.75, 3.05) is 0 Å². The van der Waals surface area contributed by atoms with E-state index in [4.69, 9.17) is 9.11 Å². The number of benzene rings is 1. The van der Waals surface area contributed by atoms with E-state index in [2.05, 4.69) is 17.2 Å². The Hall–Kier alpha value is -0.160. The van der Waals surface area contributed by atoms with Crippen LogP contribution >= 0.6 is 12.2 Å². The van der Waals surface area contributed by atoms with Gasteiger partial charge in [0.2, 0.25) is 0 Å². The molecule has 0 fully saturated rings. The summed E-state index contributed by atoms with van der Waals surface area (Å²) in [6, 6.07) is 2.35. The first kappa shape index (κ1) is 17.8. The molecule has 0 amide bonds. The summed E-state index contributed by atoms with van der Waals surface area (Å²) in [5, 5.41) is 1.90. The molecule has 0 heterocycles. The van der Waals surface area contributed by atoms with Gasteiger partial charge in [0.25, 0.3) is 20.2 Å². The van der Waals surface area contributed by atoms with E-state index in [0.717, 1.165) is 12.1 Å². The van der Waals surface area contributed by atoms with Crippen LogP contribution in [0, 0.1) is 0 Å². The van der Waals surface area contributed by atoms with Gasteiger partial charge in [-0.05, 0) is 30.4 Å². The average molecular weight is 319 g/mol. The molecule has 0 aromatic heterocycles. The number of hydrogen-bond donors (Lipinski definition) is 2. The van der Waals surface area contributed by atoms with Gasteiger partial charge in [-0.2, -0.15) is 21.8 Å². The third-order valence-corrected chi connectivity index (χ3v) is 3.39. The van der Waals surface area contributed by atoms with Crippen LogP contribution < -0.4 is 0 Å². The molecule has 0 saturated heterocycles. The van der Waals surface area contributed by atoms with Crippen molar-refractivity contribution in [3.05, 3.63) is 18.2 Å². The summed E-state index contributed by atoms with van der Waals surface area (Å²) in [5.41, 5.74) is -0.178. The Kier molecular flexibility index (Phi) is 6.27. The molecular formula is C7H6NNaO6S3. The quantitative estimate of drug-likeness (QED) is 0.355. The molecule has 0 aliphatic rings. The Bertz CT molecular complexity index is 654. The van der Waals surface area contributed by atoms with Crippen LogP contribution in [0.2, 0.25) is 0 Å². The van der Waals surface area contributed by atoms with Gasteiger partial charge in [0.05, 0.1) is 20.6 Å². The minimum atomic E-state index is -4.62. The van der Waals surface area contributed by atoms with Crippen LogP contribution in [0.3, 0.4) is 0 Å². The number of rotatable bonds is 3.